The van der Waals surface area contributed by atoms with Crippen LogP contribution in [0.4, 0.5) is 0 Å². The molecule has 0 aromatic carbocycles. The first kappa shape index (κ1) is 9.82. The molecule has 1 heteroatoms. The molecular weight excluding hydrogens is 247 g/mol. The van der Waals surface area contributed by atoms with Crippen LogP contribution in [-0.2, 0) is 0 Å². The average molecular weight is 266 g/mol. The molecule has 0 amide bonds. The lowest BCUT2D eigenvalue weighted by Gasteiger charge is -2.35. The Morgan fingerprint density at radius 3 is 2.36 bits per heavy atom. The first-order chi connectivity index (χ1) is 5.16. The molecule has 1 saturated carbocycles. The van der Waals surface area contributed by atoms with Crippen molar-refractivity contribution in [2.24, 2.45) is 5.41 Å². The van der Waals surface area contributed by atoms with Gasteiger partial charge in [-0.05, 0) is 37.5 Å². The lowest BCUT2D eigenvalue weighted by molar-refractivity contribution is 0.204. The van der Waals surface area contributed by atoms with E-state index in [0.717, 1.165) is 3.92 Å². The van der Waals surface area contributed by atoms with Crippen LogP contribution in [0.1, 0.15) is 52.4 Å². The molecule has 0 heterocycles. The number of hydrogen-bond acceptors (Lipinski definition) is 0. The first-order valence-corrected chi connectivity index (χ1v) is 6.05. The van der Waals surface area contributed by atoms with Gasteiger partial charge in [-0.3, -0.25) is 0 Å². The normalized spacial score (nSPS) is 39.0. The van der Waals surface area contributed by atoms with E-state index in [1.165, 1.54) is 38.5 Å². The summed E-state index contributed by atoms with van der Waals surface area (Å²) >= 11 is 2.60. The molecule has 0 saturated heterocycles. The maximum atomic E-state index is 2.60. The summed E-state index contributed by atoms with van der Waals surface area (Å²) in [5, 5.41) is 0. The van der Waals surface area contributed by atoms with Crippen molar-refractivity contribution in [3.05, 3.63) is 0 Å². The van der Waals surface area contributed by atoms with Gasteiger partial charge in [0.25, 0.3) is 0 Å². The van der Waals surface area contributed by atoms with Crippen molar-refractivity contribution >= 4 is 22.6 Å². The molecule has 0 aromatic rings. The zero-order chi connectivity index (χ0) is 8.32. The molecule has 1 aliphatic rings. The van der Waals surface area contributed by atoms with Crippen molar-refractivity contribution < 1.29 is 0 Å². The molecular formula is C10H19I. The zero-order valence-corrected chi connectivity index (χ0v) is 9.86. The quantitative estimate of drug-likeness (QED) is 0.519. The molecule has 0 aliphatic heterocycles. The molecule has 1 fully saturated rings. The summed E-state index contributed by atoms with van der Waals surface area (Å²) in [7, 11) is 0. The maximum absolute atomic E-state index is 2.60. The van der Waals surface area contributed by atoms with Crippen LogP contribution in [0.5, 0.6) is 0 Å². The summed E-state index contributed by atoms with van der Waals surface area (Å²) in [6.45, 7) is 4.78. The molecule has 66 valence electrons. The highest BCUT2D eigenvalue weighted by atomic mass is 127. The molecule has 1 aliphatic carbocycles. The van der Waals surface area contributed by atoms with Crippen LogP contribution in [0.15, 0.2) is 0 Å². The largest absolute Gasteiger partial charge is 0.0826 e. The fourth-order valence-corrected chi connectivity index (χ4v) is 2.76. The second-order valence-electron chi connectivity index (χ2n) is 4.24. The fraction of sp³-hybridized carbons (Fsp3) is 1.00. The molecule has 0 bridgehead atoms. The number of rotatable bonds is 2. The van der Waals surface area contributed by atoms with Crippen LogP contribution in [0.25, 0.3) is 0 Å². The van der Waals surface area contributed by atoms with Crippen LogP contribution in [0.3, 0.4) is 0 Å². The van der Waals surface area contributed by atoms with Gasteiger partial charge in [-0.1, -0.05) is 42.9 Å². The third-order valence-corrected chi connectivity index (χ3v) is 4.22. The fourth-order valence-electron chi connectivity index (χ4n) is 2.13. The SMILES string of the molecule is CCCC1(C)CCC(I)CC1. The van der Waals surface area contributed by atoms with Gasteiger partial charge in [0.2, 0.25) is 0 Å². The minimum atomic E-state index is 0.705. The van der Waals surface area contributed by atoms with Crippen molar-refractivity contribution in [1.29, 1.82) is 0 Å². The first-order valence-electron chi connectivity index (χ1n) is 4.80. The second-order valence-corrected chi connectivity index (χ2v) is 6.00. The molecule has 0 aromatic heterocycles. The Labute approximate surface area is 84.3 Å². The smallest absolute Gasteiger partial charge is 0.0110 e. The standard InChI is InChI=1S/C10H19I/c1-3-6-10(2)7-4-9(11)5-8-10/h9H,3-8H2,1-2H3. The van der Waals surface area contributed by atoms with Crippen LogP contribution >= 0.6 is 22.6 Å². The van der Waals surface area contributed by atoms with E-state index in [4.69, 9.17) is 0 Å². The predicted octanol–water partition coefficient (Wildman–Crippen LogP) is 4.17. The van der Waals surface area contributed by atoms with Crippen molar-refractivity contribution in [3.63, 3.8) is 0 Å². The van der Waals surface area contributed by atoms with Crippen molar-refractivity contribution in [1.82, 2.24) is 0 Å². The summed E-state index contributed by atoms with van der Waals surface area (Å²) in [6, 6.07) is 0. The van der Waals surface area contributed by atoms with Gasteiger partial charge in [-0.2, -0.15) is 0 Å². The summed E-state index contributed by atoms with van der Waals surface area (Å²) in [6.07, 6.45) is 8.65. The minimum Gasteiger partial charge on any atom is -0.0826 e. The van der Waals surface area contributed by atoms with E-state index < -0.39 is 0 Å². The number of hydrogen-bond donors (Lipinski definition) is 0. The Bertz CT molecular complexity index is 112. The Morgan fingerprint density at radius 2 is 1.91 bits per heavy atom. The molecule has 11 heavy (non-hydrogen) atoms. The monoisotopic (exact) mass is 266 g/mol. The Hall–Kier alpha value is 0.730. The highest BCUT2D eigenvalue weighted by molar-refractivity contribution is 14.1. The van der Waals surface area contributed by atoms with E-state index >= 15 is 0 Å². The highest BCUT2D eigenvalue weighted by Gasteiger charge is 2.28. The lowest BCUT2D eigenvalue weighted by Crippen LogP contribution is -2.24. The average Bonchev–Trinajstić information content (AvgIpc) is 1.97. The maximum Gasteiger partial charge on any atom is 0.0110 e. The van der Waals surface area contributed by atoms with E-state index in [2.05, 4.69) is 36.4 Å². The summed E-state index contributed by atoms with van der Waals surface area (Å²) in [4.78, 5) is 0. The summed E-state index contributed by atoms with van der Waals surface area (Å²) in [5.74, 6) is 0. The zero-order valence-electron chi connectivity index (χ0n) is 7.70. The lowest BCUT2D eigenvalue weighted by atomic mass is 9.73. The van der Waals surface area contributed by atoms with Crippen LogP contribution in [0.2, 0.25) is 0 Å². The van der Waals surface area contributed by atoms with E-state index in [1.54, 1.807) is 0 Å². The van der Waals surface area contributed by atoms with E-state index in [1.807, 2.05) is 0 Å². The number of alkyl halides is 1. The topological polar surface area (TPSA) is 0 Å². The van der Waals surface area contributed by atoms with Crippen LogP contribution < -0.4 is 0 Å². The van der Waals surface area contributed by atoms with Gasteiger partial charge in [-0.15, -0.1) is 0 Å². The third kappa shape index (κ3) is 2.92. The minimum absolute atomic E-state index is 0.705. The van der Waals surface area contributed by atoms with Crippen LogP contribution in [-0.4, -0.2) is 3.92 Å². The van der Waals surface area contributed by atoms with Gasteiger partial charge in [0.15, 0.2) is 0 Å². The summed E-state index contributed by atoms with van der Waals surface area (Å²) < 4.78 is 0.970. The Balaban J connectivity index is 2.35. The van der Waals surface area contributed by atoms with E-state index in [9.17, 15) is 0 Å². The summed E-state index contributed by atoms with van der Waals surface area (Å²) in [5.41, 5.74) is 0.705. The van der Waals surface area contributed by atoms with Gasteiger partial charge >= 0.3 is 0 Å². The third-order valence-electron chi connectivity index (χ3n) is 2.98. The van der Waals surface area contributed by atoms with Crippen molar-refractivity contribution in [2.75, 3.05) is 0 Å². The molecule has 0 radical (unpaired) electrons. The van der Waals surface area contributed by atoms with Gasteiger partial charge < -0.3 is 0 Å². The van der Waals surface area contributed by atoms with Gasteiger partial charge in [-0.25, -0.2) is 0 Å². The molecule has 1 rings (SSSR count). The van der Waals surface area contributed by atoms with Gasteiger partial charge in [0, 0.05) is 3.92 Å². The van der Waals surface area contributed by atoms with Crippen molar-refractivity contribution in [2.45, 2.75) is 56.3 Å². The van der Waals surface area contributed by atoms with E-state index in [0.29, 0.717) is 5.41 Å². The molecule has 0 unspecified atom stereocenters. The van der Waals surface area contributed by atoms with Crippen LogP contribution in [0, 0.1) is 5.41 Å². The second kappa shape index (κ2) is 4.11. The molecule has 0 atom stereocenters. The Morgan fingerprint density at radius 1 is 1.36 bits per heavy atom. The van der Waals surface area contributed by atoms with Gasteiger partial charge in [0.1, 0.15) is 0 Å². The Kier molecular flexibility index (Phi) is 3.66. The van der Waals surface area contributed by atoms with Crippen molar-refractivity contribution in [3.8, 4) is 0 Å². The number of halogens is 1. The van der Waals surface area contributed by atoms with E-state index in [-0.39, 0.29) is 0 Å². The molecule has 0 nitrogen and oxygen atoms in total. The van der Waals surface area contributed by atoms with Gasteiger partial charge in [0.05, 0.1) is 0 Å². The molecule has 0 N–H and O–H groups in total. The molecule has 0 spiro atoms. The highest BCUT2D eigenvalue weighted by Crippen LogP contribution is 2.41. The predicted molar refractivity (Wildman–Crippen MR) is 59.3 cm³/mol.